The Labute approximate surface area is 94.0 Å². The summed E-state index contributed by atoms with van der Waals surface area (Å²) in [6.07, 6.45) is 2.71. The van der Waals surface area contributed by atoms with E-state index in [1.807, 2.05) is 17.5 Å². The van der Waals surface area contributed by atoms with Gasteiger partial charge in [-0.05, 0) is 11.4 Å². The van der Waals surface area contributed by atoms with Crippen molar-refractivity contribution < 1.29 is 4.79 Å². The molecule has 0 aliphatic rings. The van der Waals surface area contributed by atoms with Gasteiger partial charge in [-0.1, -0.05) is 24.0 Å². The fourth-order valence-electron chi connectivity index (χ4n) is 0.950. The molecule has 1 aromatic rings. The molecule has 1 N–H and O–H groups in total. The van der Waals surface area contributed by atoms with E-state index >= 15 is 0 Å². The Morgan fingerprint density at radius 2 is 2.53 bits per heavy atom. The number of rotatable bonds is 4. The van der Waals surface area contributed by atoms with Crippen LogP contribution in [0.1, 0.15) is 17.7 Å². The van der Waals surface area contributed by atoms with Crippen molar-refractivity contribution in [1.82, 2.24) is 5.32 Å². The van der Waals surface area contributed by atoms with E-state index < -0.39 is 0 Å². The minimum absolute atomic E-state index is 0.0235. The van der Waals surface area contributed by atoms with E-state index in [0.717, 1.165) is 4.88 Å². The molecule has 1 heterocycles. The third-order valence-electron chi connectivity index (χ3n) is 1.65. The quantitative estimate of drug-likeness (QED) is 0.610. The van der Waals surface area contributed by atoms with Crippen molar-refractivity contribution in [2.24, 2.45) is 0 Å². The molecule has 78 valence electrons. The summed E-state index contributed by atoms with van der Waals surface area (Å²) >= 11 is 1.61. The third kappa shape index (κ3) is 5.04. The van der Waals surface area contributed by atoms with Crippen molar-refractivity contribution in [3.8, 4) is 11.8 Å². The molecule has 0 saturated carbocycles. The van der Waals surface area contributed by atoms with Gasteiger partial charge in [-0.15, -0.1) is 17.9 Å². The number of hydrogen-bond donors (Lipinski definition) is 1. The molecule has 1 amide bonds. The smallest absolute Gasteiger partial charge is 0.221 e. The summed E-state index contributed by atoms with van der Waals surface area (Å²) in [6, 6.07) is 3.93. The van der Waals surface area contributed by atoms with E-state index in [-0.39, 0.29) is 5.91 Å². The van der Waals surface area contributed by atoms with Crippen LogP contribution in [-0.4, -0.2) is 12.5 Å². The number of carbonyl (C=O) groups excluding carboxylic acids is 1. The van der Waals surface area contributed by atoms with Crippen LogP contribution >= 0.6 is 11.3 Å². The highest BCUT2D eigenvalue weighted by molar-refractivity contribution is 7.10. The van der Waals surface area contributed by atoms with Crippen LogP contribution in [-0.2, 0) is 4.79 Å². The van der Waals surface area contributed by atoms with Crippen molar-refractivity contribution in [1.29, 1.82) is 0 Å². The standard InChI is InChI=1S/C12H13NOS/c1-2-9-13-12(14)8-4-3-6-11-7-5-10-15-11/h2,5,7,10H,1,4,8-9H2,(H,13,14). The molecular formula is C12H13NOS. The average Bonchev–Trinajstić information content (AvgIpc) is 2.74. The van der Waals surface area contributed by atoms with Crippen molar-refractivity contribution in [2.75, 3.05) is 6.54 Å². The van der Waals surface area contributed by atoms with Gasteiger partial charge in [-0.25, -0.2) is 0 Å². The number of thiophene rings is 1. The highest BCUT2D eigenvalue weighted by Gasteiger charge is 1.95. The Hall–Kier alpha value is -1.53. The first-order valence-corrected chi connectivity index (χ1v) is 5.61. The van der Waals surface area contributed by atoms with Crippen LogP contribution in [0, 0.1) is 11.8 Å². The number of hydrogen-bond acceptors (Lipinski definition) is 2. The Balaban J connectivity index is 2.21. The van der Waals surface area contributed by atoms with E-state index in [2.05, 4.69) is 23.7 Å². The lowest BCUT2D eigenvalue weighted by Gasteiger charge is -1.97. The maximum absolute atomic E-state index is 11.1. The zero-order valence-electron chi connectivity index (χ0n) is 8.45. The molecule has 0 spiro atoms. The summed E-state index contributed by atoms with van der Waals surface area (Å²) in [5, 5.41) is 4.69. The maximum Gasteiger partial charge on any atom is 0.221 e. The Kier molecular flexibility index (Phi) is 5.28. The lowest BCUT2D eigenvalue weighted by Crippen LogP contribution is -2.22. The summed E-state index contributed by atoms with van der Waals surface area (Å²) in [6.45, 7) is 4.05. The normalized spacial score (nSPS) is 8.80. The van der Waals surface area contributed by atoms with Gasteiger partial charge in [0.15, 0.2) is 0 Å². The zero-order chi connectivity index (χ0) is 10.9. The fourth-order valence-corrected chi connectivity index (χ4v) is 1.54. The van der Waals surface area contributed by atoms with Gasteiger partial charge in [0.05, 0.1) is 4.88 Å². The van der Waals surface area contributed by atoms with Crippen LogP contribution in [0.25, 0.3) is 0 Å². The highest BCUT2D eigenvalue weighted by Crippen LogP contribution is 2.05. The third-order valence-corrected chi connectivity index (χ3v) is 2.44. The van der Waals surface area contributed by atoms with Crippen LogP contribution in [0.5, 0.6) is 0 Å². The molecule has 0 atom stereocenters. The average molecular weight is 219 g/mol. The topological polar surface area (TPSA) is 29.1 Å². The predicted molar refractivity (Wildman–Crippen MR) is 63.6 cm³/mol. The SMILES string of the molecule is C=CCNC(=O)CCC#Cc1cccs1. The number of nitrogens with one attached hydrogen (secondary N) is 1. The molecule has 0 aromatic carbocycles. The van der Waals surface area contributed by atoms with Gasteiger partial charge in [0.25, 0.3) is 0 Å². The molecule has 0 fully saturated rings. The van der Waals surface area contributed by atoms with E-state index in [9.17, 15) is 4.79 Å². The lowest BCUT2D eigenvalue weighted by atomic mass is 10.3. The Bertz CT molecular complexity index is 370. The van der Waals surface area contributed by atoms with Gasteiger partial charge in [-0.3, -0.25) is 4.79 Å². The lowest BCUT2D eigenvalue weighted by molar-refractivity contribution is -0.120. The molecule has 3 heteroatoms. The molecule has 2 nitrogen and oxygen atoms in total. The molecule has 0 saturated heterocycles. The number of carbonyl (C=O) groups is 1. The van der Waals surface area contributed by atoms with Gasteiger partial charge in [0, 0.05) is 19.4 Å². The summed E-state index contributed by atoms with van der Waals surface area (Å²) in [4.78, 5) is 12.2. The molecular weight excluding hydrogens is 206 g/mol. The molecule has 1 aromatic heterocycles. The summed E-state index contributed by atoms with van der Waals surface area (Å²) in [5.41, 5.74) is 0. The molecule has 1 rings (SSSR count). The van der Waals surface area contributed by atoms with E-state index in [4.69, 9.17) is 0 Å². The van der Waals surface area contributed by atoms with Crippen LogP contribution in [0.3, 0.4) is 0 Å². The predicted octanol–water partition coefficient (Wildman–Crippen LogP) is 2.18. The largest absolute Gasteiger partial charge is 0.353 e. The van der Waals surface area contributed by atoms with Crippen LogP contribution in [0.2, 0.25) is 0 Å². The van der Waals surface area contributed by atoms with E-state index in [1.54, 1.807) is 17.4 Å². The highest BCUT2D eigenvalue weighted by atomic mass is 32.1. The second kappa shape index (κ2) is 6.86. The summed E-state index contributed by atoms with van der Waals surface area (Å²) in [7, 11) is 0. The molecule has 0 aliphatic carbocycles. The van der Waals surface area contributed by atoms with Crippen molar-refractivity contribution in [3.05, 3.63) is 35.0 Å². The van der Waals surface area contributed by atoms with Crippen molar-refractivity contribution in [3.63, 3.8) is 0 Å². The monoisotopic (exact) mass is 219 g/mol. The fraction of sp³-hybridized carbons (Fsp3) is 0.250. The van der Waals surface area contributed by atoms with Crippen molar-refractivity contribution in [2.45, 2.75) is 12.8 Å². The van der Waals surface area contributed by atoms with Crippen molar-refractivity contribution >= 4 is 17.2 Å². The first-order valence-electron chi connectivity index (χ1n) is 4.73. The minimum atomic E-state index is 0.0235. The molecule has 0 aliphatic heterocycles. The maximum atomic E-state index is 11.1. The van der Waals surface area contributed by atoms with Gasteiger partial charge >= 0.3 is 0 Å². The van der Waals surface area contributed by atoms with Crippen LogP contribution < -0.4 is 5.32 Å². The molecule has 0 bridgehead atoms. The van der Waals surface area contributed by atoms with Gasteiger partial charge < -0.3 is 5.32 Å². The molecule has 15 heavy (non-hydrogen) atoms. The second-order valence-corrected chi connectivity index (χ2v) is 3.82. The second-order valence-electron chi connectivity index (χ2n) is 2.87. The minimum Gasteiger partial charge on any atom is -0.353 e. The van der Waals surface area contributed by atoms with Crippen LogP contribution in [0.4, 0.5) is 0 Å². The first kappa shape index (κ1) is 11.5. The molecule has 0 radical (unpaired) electrons. The summed E-state index contributed by atoms with van der Waals surface area (Å²) < 4.78 is 0. The first-order chi connectivity index (χ1) is 7.33. The number of amides is 1. The van der Waals surface area contributed by atoms with Gasteiger partial charge in [0.2, 0.25) is 5.91 Å². The van der Waals surface area contributed by atoms with E-state index in [1.165, 1.54) is 0 Å². The van der Waals surface area contributed by atoms with Gasteiger partial charge in [0.1, 0.15) is 0 Å². The zero-order valence-corrected chi connectivity index (χ0v) is 9.27. The summed E-state index contributed by atoms with van der Waals surface area (Å²) in [5.74, 6) is 6.00. The van der Waals surface area contributed by atoms with Crippen LogP contribution in [0.15, 0.2) is 30.2 Å². The van der Waals surface area contributed by atoms with Gasteiger partial charge in [-0.2, -0.15) is 0 Å². The Morgan fingerprint density at radius 1 is 1.67 bits per heavy atom. The molecule has 0 unspecified atom stereocenters. The van der Waals surface area contributed by atoms with E-state index in [0.29, 0.717) is 19.4 Å². The Morgan fingerprint density at radius 3 is 3.20 bits per heavy atom.